The van der Waals surface area contributed by atoms with Crippen LogP contribution < -0.4 is 9.62 Å². The van der Waals surface area contributed by atoms with Crippen molar-refractivity contribution in [3.63, 3.8) is 0 Å². The average Bonchev–Trinajstić information content (AvgIpc) is 3.26. The Labute approximate surface area is 187 Å². The smallest absolute Gasteiger partial charge is 0.337 e. The molecule has 1 unspecified atom stereocenters. The van der Waals surface area contributed by atoms with Crippen LogP contribution in [0, 0.1) is 11.7 Å². The molecule has 2 aromatic rings. The van der Waals surface area contributed by atoms with Crippen molar-refractivity contribution >= 4 is 27.4 Å². The quantitative estimate of drug-likeness (QED) is 0.654. The Morgan fingerprint density at radius 1 is 1.09 bits per heavy atom. The number of rotatable bonds is 7. The fourth-order valence-electron chi connectivity index (χ4n) is 4.66. The molecule has 32 heavy (non-hydrogen) atoms. The number of carbonyl (C=O) groups is 1. The molecule has 0 amide bonds. The molecular weight excluding hydrogens is 433 g/mol. The zero-order chi connectivity index (χ0) is 22.7. The van der Waals surface area contributed by atoms with Gasteiger partial charge in [0, 0.05) is 25.3 Å². The maximum atomic E-state index is 13.4. The molecule has 9 heteroatoms. The summed E-state index contributed by atoms with van der Waals surface area (Å²) in [7, 11) is -4.04. The summed E-state index contributed by atoms with van der Waals surface area (Å²) in [5, 5.41) is 9.81. The second-order valence-electron chi connectivity index (χ2n) is 8.56. The van der Waals surface area contributed by atoms with Gasteiger partial charge in [-0.15, -0.1) is 0 Å². The van der Waals surface area contributed by atoms with Crippen molar-refractivity contribution in [3.8, 4) is 0 Å². The number of halogens is 1. The molecule has 2 aromatic carbocycles. The molecule has 2 aliphatic rings. The van der Waals surface area contributed by atoms with Gasteiger partial charge < -0.3 is 14.9 Å². The summed E-state index contributed by atoms with van der Waals surface area (Å²) in [6, 6.07) is 9.22. The molecule has 7 nitrogen and oxygen atoms in total. The third-order valence-electron chi connectivity index (χ3n) is 6.16. The van der Waals surface area contributed by atoms with Crippen molar-refractivity contribution in [3.05, 3.63) is 53.8 Å². The molecule has 0 aliphatic carbocycles. The van der Waals surface area contributed by atoms with E-state index in [2.05, 4.69) is 14.5 Å². The van der Waals surface area contributed by atoms with Gasteiger partial charge in [0.15, 0.2) is 0 Å². The summed E-state index contributed by atoms with van der Waals surface area (Å²) in [6.45, 7) is 4.86. The van der Waals surface area contributed by atoms with Crippen molar-refractivity contribution in [2.75, 3.05) is 42.3 Å². The third kappa shape index (κ3) is 5.21. The molecular formula is C23H28FN3O4S. The van der Waals surface area contributed by atoms with E-state index in [1.165, 1.54) is 31.0 Å². The molecule has 0 saturated carbocycles. The van der Waals surface area contributed by atoms with E-state index in [-0.39, 0.29) is 16.1 Å². The van der Waals surface area contributed by atoms with Crippen molar-refractivity contribution < 1.29 is 22.7 Å². The highest BCUT2D eigenvalue weighted by Crippen LogP contribution is 2.30. The summed E-state index contributed by atoms with van der Waals surface area (Å²) in [6.07, 6.45) is 4.60. The third-order valence-corrected chi connectivity index (χ3v) is 7.54. The van der Waals surface area contributed by atoms with Gasteiger partial charge in [0.25, 0.3) is 10.0 Å². The van der Waals surface area contributed by atoms with Crippen LogP contribution in [0.3, 0.4) is 0 Å². The first-order valence-electron chi connectivity index (χ1n) is 10.9. The number of benzene rings is 2. The van der Waals surface area contributed by atoms with Gasteiger partial charge in [-0.3, -0.25) is 4.72 Å². The number of carboxylic acids is 1. The van der Waals surface area contributed by atoms with Crippen LogP contribution in [0.25, 0.3) is 0 Å². The minimum Gasteiger partial charge on any atom is -0.478 e. The van der Waals surface area contributed by atoms with Crippen LogP contribution in [0.2, 0.25) is 0 Å². The molecule has 0 radical (unpaired) electrons. The van der Waals surface area contributed by atoms with E-state index in [1.807, 2.05) is 0 Å². The standard InChI is InChI=1S/C23H28FN3O4S/c24-18-6-3-7-20(13-18)32(30,31)25-19-8-9-22(21(14-19)23(28)29)27-12-4-5-17(16-27)15-26-10-1-2-11-26/h3,6-9,13-14,17,25H,1-2,4-5,10-12,15-16H2,(H,28,29). The first kappa shape index (κ1) is 22.5. The van der Waals surface area contributed by atoms with E-state index in [4.69, 9.17) is 0 Å². The first-order valence-corrected chi connectivity index (χ1v) is 12.4. The Bertz CT molecular complexity index is 1090. The predicted molar refractivity (Wildman–Crippen MR) is 121 cm³/mol. The number of likely N-dealkylation sites (tertiary alicyclic amines) is 1. The molecule has 0 spiro atoms. The Morgan fingerprint density at radius 2 is 1.88 bits per heavy atom. The molecule has 2 saturated heterocycles. The maximum absolute atomic E-state index is 13.4. The van der Waals surface area contributed by atoms with Crippen molar-refractivity contribution in [1.29, 1.82) is 0 Å². The zero-order valence-electron chi connectivity index (χ0n) is 17.8. The van der Waals surface area contributed by atoms with Crippen LogP contribution in [0.5, 0.6) is 0 Å². The van der Waals surface area contributed by atoms with Crippen LogP contribution in [0.4, 0.5) is 15.8 Å². The fourth-order valence-corrected chi connectivity index (χ4v) is 5.74. The van der Waals surface area contributed by atoms with E-state index in [9.17, 15) is 22.7 Å². The van der Waals surface area contributed by atoms with Gasteiger partial charge in [0.2, 0.25) is 0 Å². The molecule has 0 aromatic heterocycles. The van der Waals surface area contributed by atoms with Crippen LogP contribution in [-0.2, 0) is 10.0 Å². The van der Waals surface area contributed by atoms with Crippen LogP contribution in [0.1, 0.15) is 36.0 Å². The van der Waals surface area contributed by atoms with E-state index < -0.39 is 21.8 Å². The lowest BCUT2D eigenvalue weighted by Crippen LogP contribution is -2.41. The lowest BCUT2D eigenvalue weighted by molar-refractivity contribution is 0.0697. The number of anilines is 2. The van der Waals surface area contributed by atoms with Crippen LogP contribution in [0.15, 0.2) is 47.4 Å². The monoisotopic (exact) mass is 461 g/mol. The number of hydrogen-bond acceptors (Lipinski definition) is 5. The summed E-state index contributed by atoms with van der Waals surface area (Å²) in [5.41, 5.74) is 0.768. The lowest BCUT2D eigenvalue weighted by Gasteiger charge is -2.36. The van der Waals surface area contributed by atoms with E-state index in [0.717, 1.165) is 57.7 Å². The van der Waals surface area contributed by atoms with Gasteiger partial charge in [-0.05, 0) is 81.1 Å². The topological polar surface area (TPSA) is 89.9 Å². The predicted octanol–water partition coefficient (Wildman–Crippen LogP) is 3.64. The zero-order valence-corrected chi connectivity index (χ0v) is 18.7. The molecule has 2 aliphatic heterocycles. The Hall–Kier alpha value is -2.65. The second-order valence-corrected chi connectivity index (χ2v) is 10.2. The first-order chi connectivity index (χ1) is 15.3. The summed E-state index contributed by atoms with van der Waals surface area (Å²) < 4.78 is 41.0. The van der Waals surface area contributed by atoms with Gasteiger partial charge in [-0.2, -0.15) is 0 Å². The minimum absolute atomic E-state index is 0.0475. The molecule has 0 bridgehead atoms. The highest BCUT2D eigenvalue weighted by Gasteiger charge is 2.26. The number of sulfonamides is 1. The molecule has 4 rings (SSSR count). The van der Waals surface area contributed by atoms with Gasteiger partial charge in [0.1, 0.15) is 5.82 Å². The highest BCUT2D eigenvalue weighted by atomic mass is 32.2. The Morgan fingerprint density at radius 3 is 2.59 bits per heavy atom. The summed E-state index contributed by atoms with van der Waals surface area (Å²) in [4.78, 5) is 16.4. The van der Waals surface area contributed by atoms with Crippen molar-refractivity contribution in [1.82, 2.24) is 4.90 Å². The lowest BCUT2D eigenvalue weighted by atomic mass is 9.96. The minimum atomic E-state index is -4.04. The molecule has 1 atom stereocenters. The SMILES string of the molecule is O=C(O)c1cc(NS(=O)(=O)c2cccc(F)c2)ccc1N1CCCC(CN2CCCC2)C1. The van der Waals surface area contributed by atoms with Crippen molar-refractivity contribution in [2.24, 2.45) is 5.92 Å². The second kappa shape index (κ2) is 9.46. The van der Waals surface area contributed by atoms with Gasteiger partial charge in [-0.1, -0.05) is 6.07 Å². The molecule has 2 N–H and O–H groups in total. The van der Waals surface area contributed by atoms with E-state index >= 15 is 0 Å². The fraction of sp³-hybridized carbons (Fsp3) is 0.435. The summed E-state index contributed by atoms with van der Waals surface area (Å²) >= 11 is 0. The van der Waals surface area contributed by atoms with Gasteiger partial charge >= 0.3 is 5.97 Å². The maximum Gasteiger partial charge on any atom is 0.337 e. The number of hydrogen-bond donors (Lipinski definition) is 2. The van der Waals surface area contributed by atoms with Crippen molar-refractivity contribution in [2.45, 2.75) is 30.6 Å². The normalized spacial score (nSPS) is 19.8. The molecule has 2 heterocycles. The highest BCUT2D eigenvalue weighted by molar-refractivity contribution is 7.92. The van der Waals surface area contributed by atoms with Gasteiger partial charge in [-0.25, -0.2) is 17.6 Å². The van der Waals surface area contributed by atoms with E-state index in [0.29, 0.717) is 11.6 Å². The molecule has 172 valence electrons. The number of aromatic carboxylic acids is 1. The van der Waals surface area contributed by atoms with Crippen LogP contribution in [-0.4, -0.2) is 57.1 Å². The van der Waals surface area contributed by atoms with Crippen LogP contribution >= 0.6 is 0 Å². The Balaban J connectivity index is 1.53. The molecule has 2 fully saturated rings. The number of nitrogens with one attached hydrogen (secondary N) is 1. The number of carboxylic acid groups (broad SMARTS) is 1. The summed E-state index contributed by atoms with van der Waals surface area (Å²) in [5.74, 6) is -1.30. The number of nitrogens with zero attached hydrogens (tertiary/aromatic N) is 2. The number of piperidine rings is 1. The average molecular weight is 462 g/mol. The Kier molecular flexibility index (Phi) is 6.66. The van der Waals surface area contributed by atoms with Gasteiger partial charge in [0.05, 0.1) is 16.1 Å². The van der Waals surface area contributed by atoms with E-state index in [1.54, 1.807) is 12.1 Å². The largest absolute Gasteiger partial charge is 0.478 e.